The lowest BCUT2D eigenvalue weighted by molar-refractivity contribution is 0.105. The zero-order valence-corrected chi connectivity index (χ0v) is 14.0. The number of hydrogen-bond acceptors (Lipinski definition) is 4. The van der Waals surface area contributed by atoms with Crippen LogP contribution in [0.5, 0.6) is 5.75 Å². The average Bonchev–Trinajstić information content (AvgIpc) is 3.09. The van der Waals surface area contributed by atoms with E-state index in [4.69, 9.17) is 9.15 Å². The Morgan fingerprint density at radius 3 is 2.92 bits per heavy atom. The topological polar surface area (TPSA) is 79.0 Å². The average molecular weight is 331 g/mol. The van der Waals surface area contributed by atoms with Gasteiger partial charge in [-0.2, -0.15) is 0 Å². The molecule has 0 aliphatic heterocycles. The maximum absolute atomic E-state index is 9.47. The summed E-state index contributed by atoms with van der Waals surface area (Å²) in [4.78, 5) is 4.51. The lowest BCUT2D eigenvalue weighted by atomic mass is 10.2. The van der Waals surface area contributed by atoms with Gasteiger partial charge in [0.25, 0.3) is 0 Å². The van der Waals surface area contributed by atoms with E-state index in [1.807, 2.05) is 31.2 Å². The molecule has 1 aromatic heterocycles. The molecule has 0 aliphatic rings. The van der Waals surface area contributed by atoms with Crippen molar-refractivity contribution in [3.63, 3.8) is 0 Å². The lowest BCUT2D eigenvalue weighted by Gasteiger charge is -2.11. The fourth-order valence-corrected chi connectivity index (χ4v) is 2.12. The van der Waals surface area contributed by atoms with E-state index in [1.54, 1.807) is 18.4 Å². The van der Waals surface area contributed by atoms with Crippen LogP contribution in [-0.2, 0) is 17.9 Å². The molecule has 130 valence electrons. The summed E-state index contributed by atoms with van der Waals surface area (Å²) >= 11 is 0. The summed E-state index contributed by atoms with van der Waals surface area (Å²) < 4.78 is 10.7. The van der Waals surface area contributed by atoms with Crippen LogP contribution in [-0.4, -0.2) is 30.8 Å². The zero-order valence-electron chi connectivity index (χ0n) is 14.0. The summed E-state index contributed by atoms with van der Waals surface area (Å²) in [6.07, 6.45) is 2.52. The third-order valence-electron chi connectivity index (χ3n) is 3.26. The third-order valence-corrected chi connectivity index (χ3v) is 3.26. The van der Waals surface area contributed by atoms with E-state index in [2.05, 4.69) is 15.6 Å². The van der Waals surface area contributed by atoms with E-state index < -0.39 is 0 Å². The van der Waals surface area contributed by atoms with Gasteiger partial charge in [-0.15, -0.1) is 0 Å². The summed E-state index contributed by atoms with van der Waals surface area (Å²) in [5.41, 5.74) is 0.967. The van der Waals surface area contributed by atoms with Gasteiger partial charge in [0, 0.05) is 19.7 Å². The summed E-state index contributed by atoms with van der Waals surface area (Å²) in [5, 5.41) is 15.9. The van der Waals surface area contributed by atoms with Crippen LogP contribution < -0.4 is 10.6 Å². The van der Waals surface area contributed by atoms with Crippen LogP contribution in [0.1, 0.15) is 24.7 Å². The Morgan fingerprint density at radius 2 is 2.17 bits per heavy atom. The van der Waals surface area contributed by atoms with E-state index in [-0.39, 0.29) is 5.75 Å². The highest BCUT2D eigenvalue weighted by Crippen LogP contribution is 2.11. The minimum Gasteiger partial charge on any atom is -0.508 e. The standard InChI is InChI=1S/C18H25N3O3/c1-2-19-18(21-13-15-6-3-7-16(22)12-15)20-9-5-10-23-14-17-8-4-11-24-17/h3-4,6-8,11-12,22H,2,5,9-10,13-14H2,1H3,(H2,19,20,21). The molecule has 2 aromatic rings. The molecule has 0 radical (unpaired) electrons. The van der Waals surface area contributed by atoms with Gasteiger partial charge in [0.05, 0.1) is 12.8 Å². The molecule has 0 atom stereocenters. The van der Waals surface area contributed by atoms with Crippen LogP contribution in [0.25, 0.3) is 0 Å². The third kappa shape index (κ3) is 6.75. The SMILES string of the molecule is CCNC(=NCc1cccc(O)c1)NCCCOCc1ccco1. The van der Waals surface area contributed by atoms with Crippen LogP contribution in [0.3, 0.4) is 0 Å². The first-order valence-electron chi connectivity index (χ1n) is 8.18. The van der Waals surface area contributed by atoms with Gasteiger partial charge in [-0.1, -0.05) is 12.1 Å². The molecule has 0 bridgehead atoms. The Morgan fingerprint density at radius 1 is 1.25 bits per heavy atom. The molecule has 6 heteroatoms. The van der Waals surface area contributed by atoms with Crippen molar-refractivity contribution in [3.8, 4) is 5.75 Å². The molecule has 0 saturated carbocycles. The Labute approximate surface area is 142 Å². The number of aliphatic imine (C=N–C) groups is 1. The number of nitrogens with one attached hydrogen (secondary N) is 2. The van der Waals surface area contributed by atoms with Crippen molar-refractivity contribution in [1.29, 1.82) is 0 Å². The number of nitrogens with zero attached hydrogens (tertiary/aromatic N) is 1. The highest BCUT2D eigenvalue weighted by Gasteiger charge is 1.99. The molecular formula is C18H25N3O3. The van der Waals surface area contributed by atoms with Crippen LogP contribution in [0.4, 0.5) is 0 Å². The fourth-order valence-electron chi connectivity index (χ4n) is 2.12. The second-order valence-electron chi connectivity index (χ2n) is 5.28. The zero-order chi connectivity index (χ0) is 17.0. The first-order chi connectivity index (χ1) is 11.8. The molecule has 6 nitrogen and oxygen atoms in total. The highest BCUT2D eigenvalue weighted by molar-refractivity contribution is 5.79. The monoisotopic (exact) mass is 331 g/mol. The lowest BCUT2D eigenvalue weighted by Crippen LogP contribution is -2.38. The molecular weight excluding hydrogens is 306 g/mol. The fraction of sp³-hybridized carbons (Fsp3) is 0.389. The van der Waals surface area contributed by atoms with Crippen molar-refractivity contribution in [2.45, 2.75) is 26.5 Å². The summed E-state index contributed by atoms with van der Waals surface area (Å²) in [6.45, 7) is 5.25. The molecule has 0 fully saturated rings. The number of phenols is 1. The maximum Gasteiger partial charge on any atom is 0.191 e. The molecule has 1 heterocycles. The van der Waals surface area contributed by atoms with Gasteiger partial charge >= 0.3 is 0 Å². The van der Waals surface area contributed by atoms with Gasteiger partial charge in [-0.3, -0.25) is 0 Å². The van der Waals surface area contributed by atoms with Gasteiger partial charge in [0.1, 0.15) is 18.1 Å². The molecule has 0 amide bonds. The molecule has 0 aliphatic carbocycles. The number of hydrogen-bond donors (Lipinski definition) is 3. The van der Waals surface area contributed by atoms with Crippen LogP contribution in [0.15, 0.2) is 52.1 Å². The Hall–Kier alpha value is -2.47. The highest BCUT2D eigenvalue weighted by atomic mass is 16.5. The number of aromatic hydroxyl groups is 1. The summed E-state index contributed by atoms with van der Waals surface area (Å²) in [6, 6.07) is 10.9. The number of furan rings is 1. The van der Waals surface area contributed by atoms with E-state index in [0.29, 0.717) is 19.8 Å². The molecule has 0 unspecified atom stereocenters. The maximum atomic E-state index is 9.47. The minimum atomic E-state index is 0.259. The predicted molar refractivity (Wildman–Crippen MR) is 93.9 cm³/mol. The summed E-state index contributed by atoms with van der Waals surface area (Å²) in [7, 11) is 0. The number of ether oxygens (including phenoxy) is 1. The van der Waals surface area contributed by atoms with Crippen molar-refractivity contribution in [2.75, 3.05) is 19.7 Å². The smallest absolute Gasteiger partial charge is 0.191 e. The minimum absolute atomic E-state index is 0.259. The molecule has 24 heavy (non-hydrogen) atoms. The largest absolute Gasteiger partial charge is 0.508 e. The van der Waals surface area contributed by atoms with Crippen LogP contribution in [0.2, 0.25) is 0 Å². The molecule has 1 aromatic carbocycles. The van der Waals surface area contributed by atoms with Crippen molar-refractivity contribution in [1.82, 2.24) is 10.6 Å². The Bertz CT molecular complexity index is 612. The van der Waals surface area contributed by atoms with Crippen molar-refractivity contribution < 1.29 is 14.3 Å². The van der Waals surface area contributed by atoms with Gasteiger partial charge in [0.15, 0.2) is 5.96 Å². The number of benzene rings is 1. The van der Waals surface area contributed by atoms with Gasteiger partial charge < -0.3 is 24.9 Å². The van der Waals surface area contributed by atoms with Gasteiger partial charge in [-0.05, 0) is 43.2 Å². The first kappa shape index (κ1) is 17.9. The molecule has 0 saturated heterocycles. The van der Waals surface area contributed by atoms with E-state index in [1.165, 1.54) is 0 Å². The Kier molecular flexibility index (Phi) is 7.70. The van der Waals surface area contributed by atoms with Crippen LogP contribution in [0, 0.1) is 0 Å². The summed E-state index contributed by atoms with van der Waals surface area (Å²) in [5.74, 6) is 1.85. The van der Waals surface area contributed by atoms with Gasteiger partial charge in [0.2, 0.25) is 0 Å². The molecule has 0 spiro atoms. The van der Waals surface area contributed by atoms with E-state index in [9.17, 15) is 5.11 Å². The first-order valence-corrected chi connectivity index (χ1v) is 8.18. The van der Waals surface area contributed by atoms with Crippen molar-refractivity contribution in [2.24, 2.45) is 4.99 Å². The number of phenolic OH excluding ortho intramolecular Hbond substituents is 1. The predicted octanol–water partition coefficient (Wildman–Crippen LogP) is 2.65. The number of rotatable bonds is 9. The van der Waals surface area contributed by atoms with E-state index >= 15 is 0 Å². The van der Waals surface area contributed by atoms with Crippen LogP contribution >= 0.6 is 0 Å². The Balaban J connectivity index is 1.67. The van der Waals surface area contributed by atoms with E-state index in [0.717, 1.165) is 36.8 Å². The van der Waals surface area contributed by atoms with Crippen molar-refractivity contribution in [3.05, 3.63) is 54.0 Å². The molecule has 2 rings (SSSR count). The molecule has 3 N–H and O–H groups in total. The van der Waals surface area contributed by atoms with Crippen molar-refractivity contribution >= 4 is 5.96 Å². The second-order valence-corrected chi connectivity index (χ2v) is 5.28. The number of guanidine groups is 1. The normalized spacial score (nSPS) is 11.5. The second kappa shape index (κ2) is 10.3. The quantitative estimate of drug-likeness (QED) is 0.374. The van der Waals surface area contributed by atoms with Gasteiger partial charge in [-0.25, -0.2) is 4.99 Å².